The van der Waals surface area contributed by atoms with Gasteiger partial charge in [0.1, 0.15) is 0 Å². The lowest BCUT2D eigenvalue weighted by molar-refractivity contribution is 0.531. The first-order chi connectivity index (χ1) is 9.72. The zero-order chi connectivity index (χ0) is 13.9. The largest absolute Gasteiger partial charge is 0.336 e. The molecule has 3 N–H and O–H groups in total. The third-order valence-corrected chi connectivity index (χ3v) is 3.42. The Bertz CT molecular complexity index is 740. The van der Waals surface area contributed by atoms with E-state index in [1.54, 1.807) is 6.20 Å². The van der Waals surface area contributed by atoms with Crippen LogP contribution in [0.4, 0.5) is 0 Å². The van der Waals surface area contributed by atoms with Gasteiger partial charge in [-0.05, 0) is 24.6 Å². The van der Waals surface area contributed by atoms with Crippen LogP contribution in [0.3, 0.4) is 0 Å². The molecule has 0 aliphatic carbocycles. The Hall–Kier alpha value is -2.34. The summed E-state index contributed by atoms with van der Waals surface area (Å²) in [4.78, 5) is 20.8. The highest BCUT2D eigenvalue weighted by Crippen LogP contribution is 2.16. The summed E-state index contributed by atoms with van der Waals surface area (Å²) in [5.74, 6) is 0. The van der Waals surface area contributed by atoms with Crippen LogP contribution >= 0.6 is 0 Å². The van der Waals surface area contributed by atoms with E-state index in [0.717, 1.165) is 29.7 Å². The van der Waals surface area contributed by atoms with Crippen LogP contribution in [0.5, 0.6) is 0 Å². The van der Waals surface area contributed by atoms with Gasteiger partial charge in [0.05, 0.1) is 17.4 Å². The van der Waals surface area contributed by atoms with Crippen molar-refractivity contribution < 1.29 is 0 Å². The van der Waals surface area contributed by atoms with Gasteiger partial charge in [-0.2, -0.15) is 0 Å². The van der Waals surface area contributed by atoms with Crippen molar-refractivity contribution in [3.63, 3.8) is 0 Å². The highest BCUT2D eigenvalue weighted by Gasteiger charge is 2.06. The van der Waals surface area contributed by atoms with Crippen LogP contribution in [0.1, 0.15) is 18.5 Å². The normalized spacial score (nSPS) is 12.8. The molecule has 0 aliphatic heterocycles. The SMILES string of the molecule is CC(NCCn1ccnc1)c1ccc2[nH]c(=O)[nH]c2c1. The van der Waals surface area contributed by atoms with Gasteiger partial charge in [-0.25, -0.2) is 9.78 Å². The van der Waals surface area contributed by atoms with Crippen molar-refractivity contribution in [2.24, 2.45) is 0 Å². The molecule has 2 aromatic heterocycles. The molecule has 0 aliphatic rings. The summed E-state index contributed by atoms with van der Waals surface area (Å²) < 4.78 is 2.03. The molecular weight excluding hydrogens is 254 g/mol. The standard InChI is InChI=1S/C14H17N5O/c1-10(16-5-7-19-6-4-15-9-19)11-2-3-12-13(8-11)18-14(20)17-12/h2-4,6,8-10,16H,5,7H2,1H3,(H2,17,18,20). The molecule has 0 fully saturated rings. The van der Waals surface area contributed by atoms with Crippen LogP contribution < -0.4 is 11.0 Å². The predicted octanol–water partition coefficient (Wildman–Crippen LogP) is 1.40. The Labute approximate surface area is 115 Å². The van der Waals surface area contributed by atoms with Gasteiger partial charge in [0, 0.05) is 31.5 Å². The molecule has 0 amide bonds. The van der Waals surface area contributed by atoms with Crippen molar-refractivity contribution in [1.29, 1.82) is 0 Å². The second-order valence-electron chi connectivity index (χ2n) is 4.86. The van der Waals surface area contributed by atoms with Crippen LogP contribution in [-0.2, 0) is 6.54 Å². The van der Waals surface area contributed by atoms with Crippen LogP contribution in [0.15, 0.2) is 41.7 Å². The molecule has 0 saturated heterocycles. The number of hydrogen-bond donors (Lipinski definition) is 3. The third-order valence-electron chi connectivity index (χ3n) is 3.42. The maximum absolute atomic E-state index is 11.2. The molecule has 0 saturated carbocycles. The summed E-state index contributed by atoms with van der Waals surface area (Å²) in [7, 11) is 0. The number of H-pyrrole nitrogens is 2. The molecule has 6 nitrogen and oxygen atoms in total. The van der Waals surface area contributed by atoms with Crippen molar-refractivity contribution in [2.45, 2.75) is 19.5 Å². The lowest BCUT2D eigenvalue weighted by Crippen LogP contribution is -2.23. The Morgan fingerprint density at radius 1 is 1.35 bits per heavy atom. The van der Waals surface area contributed by atoms with Crippen molar-refractivity contribution >= 4 is 11.0 Å². The summed E-state index contributed by atoms with van der Waals surface area (Å²) in [6.45, 7) is 3.85. The molecule has 1 atom stereocenters. The minimum atomic E-state index is -0.169. The van der Waals surface area contributed by atoms with E-state index in [4.69, 9.17) is 0 Å². The van der Waals surface area contributed by atoms with E-state index in [-0.39, 0.29) is 11.7 Å². The van der Waals surface area contributed by atoms with Crippen LogP contribution in [0, 0.1) is 0 Å². The number of benzene rings is 1. The van der Waals surface area contributed by atoms with E-state index < -0.39 is 0 Å². The quantitative estimate of drug-likeness (QED) is 0.656. The molecule has 0 bridgehead atoms. The highest BCUT2D eigenvalue weighted by atomic mass is 16.1. The number of nitrogens with zero attached hydrogens (tertiary/aromatic N) is 2. The second-order valence-corrected chi connectivity index (χ2v) is 4.86. The van der Waals surface area contributed by atoms with Gasteiger partial charge in [0.25, 0.3) is 0 Å². The third kappa shape index (κ3) is 2.65. The minimum absolute atomic E-state index is 0.169. The summed E-state index contributed by atoms with van der Waals surface area (Å²) in [6, 6.07) is 6.18. The van der Waals surface area contributed by atoms with Gasteiger partial charge in [-0.1, -0.05) is 6.07 Å². The number of rotatable bonds is 5. The second kappa shape index (κ2) is 5.34. The fourth-order valence-corrected chi connectivity index (χ4v) is 2.27. The lowest BCUT2D eigenvalue weighted by Gasteiger charge is -2.14. The number of aromatic nitrogens is 4. The minimum Gasteiger partial charge on any atom is -0.336 e. The summed E-state index contributed by atoms with van der Waals surface area (Å²) in [5.41, 5.74) is 2.66. The number of hydrogen-bond acceptors (Lipinski definition) is 3. The number of nitrogens with one attached hydrogen (secondary N) is 3. The monoisotopic (exact) mass is 271 g/mol. The van der Waals surface area contributed by atoms with Crippen molar-refractivity contribution in [3.05, 3.63) is 53.0 Å². The fraction of sp³-hybridized carbons (Fsp3) is 0.286. The Kier molecular flexibility index (Phi) is 3.39. The van der Waals surface area contributed by atoms with Gasteiger partial charge in [0.2, 0.25) is 0 Å². The molecule has 1 unspecified atom stereocenters. The molecule has 20 heavy (non-hydrogen) atoms. The topological polar surface area (TPSA) is 78.5 Å². The van der Waals surface area contributed by atoms with Gasteiger partial charge >= 0.3 is 5.69 Å². The summed E-state index contributed by atoms with van der Waals surface area (Å²) >= 11 is 0. The zero-order valence-corrected chi connectivity index (χ0v) is 11.3. The van der Waals surface area contributed by atoms with E-state index in [1.165, 1.54) is 0 Å². The summed E-state index contributed by atoms with van der Waals surface area (Å²) in [6.07, 6.45) is 5.53. The molecule has 3 aromatic rings. The number of fused-ring (bicyclic) bond motifs is 1. The highest BCUT2D eigenvalue weighted by molar-refractivity contribution is 5.75. The number of imidazole rings is 2. The van der Waals surface area contributed by atoms with Gasteiger partial charge < -0.3 is 19.9 Å². The van der Waals surface area contributed by atoms with Crippen LogP contribution in [0.2, 0.25) is 0 Å². The molecule has 0 spiro atoms. The van der Waals surface area contributed by atoms with Crippen LogP contribution in [0.25, 0.3) is 11.0 Å². The van der Waals surface area contributed by atoms with E-state index in [0.29, 0.717) is 0 Å². The summed E-state index contributed by atoms with van der Waals surface area (Å²) in [5, 5.41) is 3.46. The average Bonchev–Trinajstić information content (AvgIpc) is 3.05. The average molecular weight is 271 g/mol. The molecule has 104 valence electrons. The van der Waals surface area contributed by atoms with E-state index in [9.17, 15) is 4.79 Å². The first kappa shape index (κ1) is 12.7. The van der Waals surface area contributed by atoms with Crippen LogP contribution in [-0.4, -0.2) is 26.1 Å². The molecule has 1 aromatic carbocycles. The Balaban J connectivity index is 1.65. The maximum Gasteiger partial charge on any atom is 0.323 e. The number of aromatic amines is 2. The first-order valence-electron chi connectivity index (χ1n) is 6.63. The smallest absolute Gasteiger partial charge is 0.323 e. The Morgan fingerprint density at radius 3 is 3.00 bits per heavy atom. The first-order valence-corrected chi connectivity index (χ1v) is 6.63. The van der Waals surface area contributed by atoms with Crippen molar-refractivity contribution in [2.75, 3.05) is 6.54 Å². The molecule has 2 heterocycles. The lowest BCUT2D eigenvalue weighted by atomic mass is 10.1. The van der Waals surface area contributed by atoms with Crippen molar-refractivity contribution in [1.82, 2.24) is 24.8 Å². The van der Waals surface area contributed by atoms with Crippen molar-refractivity contribution in [3.8, 4) is 0 Å². The molecule has 0 radical (unpaired) electrons. The van der Waals surface area contributed by atoms with E-state index in [1.807, 2.05) is 35.3 Å². The molecular formula is C14H17N5O. The van der Waals surface area contributed by atoms with Gasteiger partial charge in [0.15, 0.2) is 0 Å². The fourth-order valence-electron chi connectivity index (χ4n) is 2.27. The zero-order valence-electron chi connectivity index (χ0n) is 11.3. The molecule has 3 rings (SSSR count). The predicted molar refractivity (Wildman–Crippen MR) is 77.6 cm³/mol. The van der Waals surface area contributed by atoms with E-state index in [2.05, 4.69) is 27.2 Å². The van der Waals surface area contributed by atoms with Gasteiger partial charge in [-0.15, -0.1) is 0 Å². The molecule has 6 heteroatoms. The Morgan fingerprint density at radius 2 is 2.20 bits per heavy atom. The van der Waals surface area contributed by atoms with E-state index >= 15 is 0 Å². The maximum atomic E-state index is 11.2. The van der Waals surface area contributed by atoms with Gasteiger partial charge in [-0.3, -0.25) is 0 Å².